The number of nitro groups is 1. The lowest BCUT2D eigenvalue weighted by molar-refractivity contribution is -0.384. The number of benzene rings is 2. The maximum absolute atomic E-state index is 12.9. The van der Waals surface area contributed by atoms with Crippen molar-refractivity contribution in [1.29, 1.82) is 0 Å². The Hall–Kier alpha value is -3.50. The molecule has 1 saturated heterocycles. The first-order chi connectivity index (χ1) is 14.6. The smallest absolute Gasteiger partial charge is 0.416 e. The second-order valence-corrected chi connectivity index (χ2v) is 7.15. The second-order valence-electron chi connectivity index (χ2n) is 7.15. The quantitative estimate of drug-likeness (QED) is 0.548. The van der Waals surface area contributed by atoms with Crippen LogP contribution in [0, 0.1) is 10.1 Å². The van der Waals surface area contributed by atoms with Crippen LogP contribution in [0.3, 0.4) is 0 Å². The number of halogens is 3. The largest absolute Gasteiger partial charge is 0.506 e. The number of hydrogen-bond donors (Lipinski definition) is 2. The first-order valence-electron chi connectivity index (χ1n) is 9.52. The normalized spacial score (nSPS) is 15.5. The molecule has 8 nitrogen and oxygen atoms in total. The van der Waals surface area contributed by atoms with Crippen molar-refractivity contribution in [3.63, 3.8) is 0 Å². The summed E-state index contributed by atoms with van der Waals surface area (Å²) in [6.07, 6.45) is -4.71. The molecule has 2 aromatic rings. The molecule has 166 valence electrons. The molecular formula is C20H21F3N4O4. The van der Waals surface area contributed by atoms with Gasteiger partial charge in [-0.15, -0.1) is 0 Å². The van der Waals surface area contributed by atoms with E-state index in [1.54, 1.807) is 29.2 Å². The summed E-state index contributed by atoms with van der Waals surface area (Å²) in [5.74, 6) is -0.182. The predicted octanol–water partition coefficient (Wildman–Crippen LogP) is 3.47. The molecule has 11 heteroatoms. The lowest BCUT2D eigenvalue weighted by Crippen LogP contribution is -2.52. The van der Waals surface area contributed by atoms with Crippen LogP contribution in [0.1, 0.15) is 12.5 Å². The van der Waals surface area contributed by atoms with Gasteiger partial charge in [-0.05, 0) is 31.2 Å². The lowest BCUT2D eigenvalue weighted by atomic mass is 10.1. The fourth-order valence-corrected chi connectivity index (χ4v) is 3.45. The van der Waals surface area contributed by atoms with Crippen LogP contribution in [0.4, 0.5) is 30.2 Å². The Morgan fingerprint density at radius 1 is 1.16 bits per heavy atom. The van der Waals surface area contributed by atoms with Crippen molar-refractivity contribution in [2.45, 2.75) is 19.1 Å². The van der Waals surface area contributed by atoms with Gasteiger partial charge in [0.2, 0.25) is 5.91 Å². The summed E-state index contributed by atoms with van der Waals surface area (Å²) < 4.78 is 38.6. The molecule has 1 fully saturated rings. The number of carbonyl (C=O) groups is 1. The molecule has 1 aliphatic heterocycles. The van der Waals surface area contributed by atoms with E-state index in [1.165, 1.54) is 6.92 Å². The van der Waals surface area contributed by atoms with Gasteiger partial charge in [0.25, 0.3) is 5.69 Å². The molecule has 2 aromatic carbocycles. The minimum atomic E-state index is -4.71. The van der Waals surface area contributed by atoms with E-state index in [1.807, 2.05) is 4.90 Å². The Labute approximate surface area is 176 Å². The molecule has 0 aliphatic carbocycles. The van der Waals surface area contributed by atoms with Gasteiger partial charge in [0.15, 0.2) is 0 Å². The number of amides is 1. The number of carbonyl (C=O) groups excluding carboxylic acids is 1. The Morgan fingerprint density at radius 2 is 1.81 bits per heavy atom. The van der Waals surface area contributed by atoms with Crippen LogP contribution >= 0.6 is 0 Å². The summed E-state index contributed by atoms with van der Waals surface area (Å²) in [6.45, 7) is 3.20. The van der Waals surface area contributed by atoms with Gasteiger partial charge in [-0.2, -0.15) is 13.2 Å². The van der Waals surface area contributed by atoms with Gasteiger partial charge in [-0.1, -0.05) is 12.1 Å². The van der Waals surface area contributed by atoms with Gasteiger partial charge in [0, 0.05) is 32.2 Å². The molecule has 2 N–H and O–H groups in total. The molecule has 0 bridgehead atoms. The van der Waals surface area contributed by atoms with Crippen LogP contribution in [-0.2, 0) is 11.0 Å². The molecule has 3 rings (SSSR count). The Balaban J connectivity index is 1.66. The molecule has 1 heterocycles. The third-order valence-electron chi connectivity index (χ3n) is 5.08. The minimum absolute atomic E-state index is 0.145. The Morgan fingerprint density at radius 3 is 2.39 bits per heavy atom. The lowest BCUT2D eigenvalue weighted by Gasteiger charge is -2.37. The monoisotopic (exact) mass is 438 g/mol. The molecule has 0 saturated carbocycles. The van der Waals surface area contributed by atoms with Crippen molar-refractivity contribution >= 4 is 23.0 Å². The molecule has 1 aliphatic rings. The van der Waals surface area contributed by atoms with Crippen LogP contribution < -0.4 is 10.2 Å². The molecular weight excluding hydrogens is 417 g/mol. The minimum Gasteiger partial charge on any atom is -0.506 e. The average Bonchev–Trinajstić information content (AvgIpc) is 2.73. The summed E-state index contributed by atoms with van der Waals surface area (Å²) in [4.78, 5) is 26.6. The zero-order valence-corrected chi connectivity index (χ0v) is 16.6. The number of rotatable bonds is 5. The van der Waals surface area contributed by atoms with Gasteiger partial charge in [-0.25, -0.2) is 0 Å². The van der Waals surface area contributed by atoms with Crippen LogP contribution in [0.25, 0.3) is 0 Å². The molecule has 0 aromatic heterocycles. The average molecular weight is 438 g/mol. The molecule has 1 atom stereocenters. The van der Waals surface area contributed by atoms with Gasteiger partial charge < -0.3 is 20.2 Å². The first-order valence-corrected chi connectivity index (χ1v) is 9.52. The highest BCUT2D eigenvalue weighted by molar-refractivity contribution is 5.85. The number of hydrogen-bond acceptors (Lipinski definition) is 6. The van der Waals surface area contributed by atoms with E-state index in [4.69, 9.17) is 0 Å². The fraction of sp³-hybridized carbons (Fsp3) is 0.350. The number of para-hydroxylation sites is 2. The van der Waals surface area contributed by atoms with Crippen LogP contribution in [0.5, 0.6) is 5.75 Å². The maximum Gasteiger partial charge on any atom is 0.416 e. The van der Waals surface area contributed by atoms with E-state index in [9.17, 15) is 33.2 Å². The fourth-order valence-electron chi connectivity index (χ4n) is 3.45. The van der Waals surface area contributed by atoms with Crippen LogP contribution in [-0.4, -0.2) is 53.1 Å². The summed E-state index contributed by atoms with van der Waals surface area (Å²) in [5, 5.41) is 23.9. The van der Waals surface area contributed by atoms with E-state index < -0.39 is 28.4 Å². The van der Waals surface area contributed by atoms with E-state index in [0.717, 1.165) is 12.1 Å². The molecule has 1 unspecified atom stereocenters. The van der Waals surface area contributed by atoms with Crippen molar-refractivity contribution in [1.82, 2.24) is 4.90 Å². The van der Waals surface area contributed by atoms with E-state index in [-0.39, 0.29) is 17.3 Å². The van der Waals surface area contributed by atoms with Crippen molar-refractivity contribution in [2.75, 3.05) is 36.4 Å². The van der Waals surface area contributed by atoms with Crippen molar-refractivity contribution in [2.24, 2.45) is 0 Å². The number of alkyl halides is 3. The molecule has 0 spiro atoms. The topological polar surface area (TPSA) is 99.0 Å². The highest BCUT2D eigenvalue weighted by atomic mass is 19.4. The number of anilines is 2. The van der Waals surface area contributed by atoms with Gasteiger partial charge in [0.05, 0.1) is 16.2 Å². The van der Waals surface area contributed by atoms with E-state index >= 15 is 0 Å². The van der Waals surface area contributed by atoms with Crippen molar-refractivity contribution < 1.29 is 28.0 Å². The Kier molecular flexibility index (Phi) is 6.23. The zero-order chi connectivity index (χ0) is 22.8. The Bertz CT molecular complexity index is 975. The number of nitrogens with zero attached hydrogens (tertiary/aromatic N) is 3. The van der Waals surface area contributed by atoms with E-state index in [2.05, 4.69) is 5.32 Å². The van der Waals surface area contributed by atoms with Gasteiger partial charge in [-0.3, -0.25) is 14.9 Å². The standard InChI is InChI=1S/C20H21F3N4O4/c1-13(24-15-7-6-14(20(21,22)23)12-17(15)27(30)31)19(29)26-10-8-25(9-11-26)16-4-2-3-5-18(16)28/h2-7,12-13,24,28H,8-11H2,1H3. The number of phenols is 1. The predicted molar refractivity (Wildman–Crippen MR) is 108 cm³/mol. The summed E-state index contributed by atoms with van der Waals surface area (Å²) in [6, 6.07) is 8.13. The molecule has 31 heavy (non-hydrogen) atoms. The maximum atomic E-state index is 12.9. The highest BCUT2D eigenvalue weighted by Crippen LogP contribution is 2.35. The van der Waals surface area contributed by atoms with Gasteiger partial charge in [0.1, 0.15) is 17.5 Å². The van der Waals surface area contributed by atoms with Crippen LogP contribution in [0.2, 0.25) is 0 Å². The zero-order valence-electron chi connectivity index (χ0n) is 16.6. The second kappa shape index (κ2) is 8.70. The molecule has 0 radical (unpaired) electrons. The third kappa shape index (κ3) is 4.98. The number of nitrogens with one attached hydrogen (secondary N) is 1. The first kappa shape index (κ1) is 22.2. The molecule has 1 amide bonds. The summed E-state index contributed by atoms with van der Waals surface area (Å²) in [5.41, 5.74) is -1.38. The number of phenolic OH excluding ortho intramolecular Hbond substituents is 1. The van der Waals surface area contributed by atoms with Crippen LogP contribution in [0.15, 0.2) is 42.5 Å². The number of nitro benzene ring substituents is 1. The summed E-state index contributed by atoms with van der Waals surface area (Å²) >= 11 is 0. The van der Waals surface area contributed by atoms with Crippen molar-refractivity contribution in [3.8, 4) is 5.75 Å². The SMILES string of the molecule is CC(Nc1ccc(C(F)(F)F)cc1[N+](=O)[O-])C(=O)N1CCN(c2ccccc2O)CC1. The number of aromatic hydroxyl groups is 1. The van der Waals surface area contributed by atoms with Crippen molar-refractivity contribution in [3.05, 3.63) is 58.1 Å². The number of piperazine rings is 1. The summed E-state index contributed by atoms with van der Waals surface area (Å²) in [7, 11) is 0. The third-order valence-corrected chi connectivity index (χ3v) is 5.08. The highest BCUT2D eigenvalue weighted by Gasteiger charge is 2.34. The van der Waals surface area contributed by atoms with Gasteiger partial charge >= 0.3 is 6.18 Å². The van der Waals surface area contributed by atoms with E-state index in [0.29, 0.717) is 37.9 Å².